The van der Waals surface area contributed by atoms with Crippen molar-refractivity contribution in [3.05, 3.63) is 20.8 Å². The summed E-state index contributed by atoms with van der Waals surface area (Å²) in [6.07, 6.45) is 1.71. The van der Waals surface area contributed by atoms with Crippen molar-refractivity contribution in [3.8, 4) is 0 Å². The van der Waals surface area contributed by atoms with Crippen LogP contribution in [0.25, 0.3) is 0 Å². The summed E-state index contributed by atoms with van der Waals surface area (Å²) >= 11 is 5.21. The van der Waals surface area contributed by atoms with Crippen LogP contribution in [-0.4, -0.2) is 17.8 Å². The number of rotatable bonds is 6. The average Bonchev–Trinajstić information content (AvgIpc) is 2.59. The van der Waals surface area contributed by atoms with Crippen LogP contribution < -0.4 is 5.32 Å². The molecular formula is C11H18BrNOS. The van der Waals surface area contributed by atoms with Gasteiger partial charge < -0.3 is 10.4 Å². The summed E-state index contributed by atoms with van der Waals surface area (Å²) in [5.41, 5.74) is 0. The van der Waals surface area contributed by atoms with Crippen LogP contribution in [0.5, 0.6) is 0 Å². The maximum absolute atomic E-state index is 9.11. The number of hydrogen-bond acceptors (Lipinski definition) is 3. The zero-order valence-corrected chi connectivity index (χ0v) is 11.6. The second-order valence-electron chi connectivity index (χ2n) is 3.83. The molecule has 1 aromatic rings. The normalized spacial score (nSPS) is 15.2. The van der Waals surface area contributed by atoms with Gasteiger partial charge in [0.05, 0.1) is 6.10 Å². The van der Waals surface area contributed by atoms with E-state index in [2.05, 4.69) is 39.6 Å². The van der Waals surface area contributed by atoms with Gasteiger partial charge in [-0.25, -0.2) is 0 Å². The highest BCUT2D eigenvalue weighted by Crippen LogP contribution is 2.25. The molecule has 1 rings (SSSR count). The Hall–Kier alpha value is 0.1000. The molecular weight excluding hydrogens is 274 g/mol. The van der Waals surface area contributed by atoms with Crippen LogP contribution in [0.3, 0.4) is 0 Å². The molecule has 1 heterocycles. The Bertz CT molecular complexity index is 288. The van der Waals surface area contributed by atoms with E-state index in [0.717, 1.165) is 23.9 Å². The van der Waals surface area contributed by atoms with Crippen LogP contribution in [0.4, 0.5) is 0 Å². The molecule has 1 aromatic heterocycles. The lowest BCUT2D eigenvalue weighted by molar-refractivity contribution is 0.181. The maximum Gasteiger partial charge on any atom is 0.0512 e. The Labute approximate surface area is 104 Å². The minimum atomic E-state index is -0.182. The second-order valence-corrected chi connectivity index (χ2v) is 5.69. The zero-order chi connectivity index (χ0) is 11.3. The molecule has 0 saturated heterocycles. The average molecular weight is 292 g/mol. The molecule has 0 saturated carbocycles. The third kappa shape index (κ3) is 5.11. The molecule has 0 aliphatic carbocycles. The van der Waals surface area contributed by atoms with Crippen molar-refractivity contribution >= 4 is 27.3 Å². The second kappa shape index (κ2) is 6.63. The van der Waals surface area contributed by atoms with Gasteiger partial charge in [0.25, 0.3) is 0 Å². The number of nitrogens with one attached hydrogen (secondary N) is 1. The first kappa shape index (κ1) is 13.2. The predicted molar refractivity (Wildman–Crippen MR) is 69.4 cm³/mol. The van der Waals surface area contributed by atoms with Gasteiger partial charge in [0, 0.05) is 20.8 Å². The summed E-state index contributed by atoms with van der Waals surface area (Å²) in [6.45, 7) is 4.96. The summed E-state index contributed by atoms with van der Waals surface area (Å²) in [5, 5.41) is 14.7. The monoisotopic (exact) mass is 291 g/mol. The molecule has 2 N–H and O–H groups in total. The fourth-order valence-electron chi connectivity index (χ4n) is 1.37. The van der Waals surface area contributed by atoms with Crippen molar-refractivity contribution in [1.82, 2.24) is 5.32 Å². The van der Waals surface area contributed by atoms with Crippen molar-refractivity contribution in [2.75, 3.05) is 6.54 Å². The minimum absolute atomic E-state index is 0.182. The highest BCUT2D eigenvalue weighted by Gasteiger charge is 2.06. The van der Waals surface area contributed by atoms with Crippen molar-refractivity contribution in [2.24, 2.45) is 0 Å². The minimum Gasteiger partial charge on any atom is -0.393 e. The van der Waals surface area contributed by atoms with Crippen LogP contribution in [0.1, 0.15) is 37.6 Å². The van der Waals surface area contributed by atoms with Gasteiger partial charge in [0.1, 0.15) is 0 Å². The smallest absolute Gasteiger partial charge is 0.0512 e. The number of halogens is 1. The highest BCUT2D eigenvalue weighted by atomic mass is 79.9. The lowest BCUT2D eigenvalue weighted by Crippen LogP contribution is -2.19. The number of aliphatic hydroxyl groups is 1. The van der Waals surface area contributed by atoms with Crippen LogP contribution in [-0.2, 0) is 0 Å². The van der Waals surface area contributed by atoms with E-state index in [9.17, 15) is 0 Å². The first-order valence-electron chi connectivity index (χ1n) is 5.25. The molecule has 0 aromatic carbocycles. The van der Waals surface area contributed by atoms with Gasteiger partial charge in [0.15, 0.2) is 0 Å². The van der Waals surface area contributed by atoms with Crippen LogP contribution in [0, 0.1) is 0 Å². The molecule has 86 valence electrons. The van der Waals surface area contributed by atoms with E-state index >= 15 is 0 Å². The first-order chi connectivity index (χ1) is 7.09. The SMILES string of the molecule is CC(O)CCCNC(C)c1cc(Br)cs1. The molecule has 0 spiro atoms. The Kier molecular flexibility index (Phi) is 5.82. The molecule has 0 radical (unpaired) electrons. The summed E-state index contributed by atoms with van der Waals surface area (Å²) in [4.78, 5) is 1.35. The Morgan fingerprint density at radius 1 is 1.53 bits per heavy atom. The molecule has 15 heavy (non-hydrogen) atoms. The molecule has 0 bridgehead atoms. The van der Waals surface area contributed by atoms with E-state index in [1.165, 1.54) is 4.88 Å². The molecule has 4 heteroatoms. The van der Waals surface area contributed by atoms with Gasteiger partial charge in [-0.1, -0.05) is 0 Å². The Morgan fingerprint density at radius 3 is 2.80 bits per heavy atom. The Morgan fingerprint density at radius 2 is 2.27 bits per heavy atom. The van der Waals surface area contributed by atoms with E-state index in [-0.39, 0.29) is 6.10 Å². The van der Waals surface area contributed by atoms with Crippen molar-refractivity contribution < 1.29 is 5.11 Å². The first-order valence-corrected chi connectivity index (χ1v) is 6.92. The number of hydrogen-bond donors (Lipinski definition) is 2. The van der Waals surface area contributed by atoms with Crippen molar-refractivity contribution in [3.63, 3.8) is 0 Å². The fourth-order valence-corrected chi connectivity index (χ4v) is 2.85. The largest absolute Gasteiger partial charge is 0.393 e. The van der Waals surface area contributed by atoms with Gasteiger partial charge >= 0.3 is 0 Å². The highest BCUT2D eigenvalue weighted by molar-refractivity contribution is 9.10. The standard InChI is InChI=1S/C11H18BrNOS/c1-8(14)4-3-5-13-9(2)11-6-10(12)7-15-11/h6-9,13-14H,3-5H2,1-2H3. The molecule has 2 nitrogen and oxygen atoms in total. The van der Waals surface area contributed by atoms with E-state index < -0.39 is 0 Å². The van der Waals surface area contributed by atoms with Gasteiger partial charge in [0.2, 0.25) is 0 Å². The molecule has 0 aliphatic heterocycles. The van der Waals surface area contributed by atoms with Crippen molar-refractivity contribution in [1.29, 1.82) is 0 Å². The molecule has 2 unspecified atom stereocenters. The quantitative estimate of drug-likeness (QED) is 0.788. The third-order valence-electron chi connectivity index (χ3n) is 2.26. The van der Waals surface area contributed by atoms with E-state index in [1.54, 1.807) is 11.3 Å². The van der Waals surface area contributed by atoms with Gasteiger partial charge in [-0.05, 0) is 55.2 Å². The topological polar surface area (TPSA) is 32.3 Å². The van der Waals surface area contributed by atoms with Crippen LogP contribution >= 0.6 is 27.3 Å². The van der Waals surface area contributed by atoms with E-state index in [4.69, 9.17) is 5.11 Å². The Balaban J connectivity index is 2.21. The molecule has 0 fully saturated rings. The predicted octanol–water partition coefficient (Wildman–Crippen LogP) is 3.32. The molecule has 2 atom stereocenters. The summed E-state index contributed by atoms with van der Waals surface area (Å²) in [5.74, 6) is 0. The summed E-state index contributed by atoms with van der Waals surface area (Å²) < 4.78 is 1.15. The zero-order valence-electron chi connectivity index (χ0n) is 9.16. The number of aliphatic hydroxyl groups excluding tert-OH is 1. The van der Waals surface area contributed by atoms with Gasteiger partial charge in [-0.2, -0.15) is 0 Å². The lowest BCUT2D eigenvalue weighted by atomic mass is 10.2. The van der Waals surface area contributed by atoms with E-state index in [0.29, 0.717) is 6.04 Å². The number of thiophene rings is 1. The molecule has 0 amide bonds. The summed E-state index contributed by atoms with van der Waals surface area (Å²) in [6, 6.07) is 2.55. The summed E-state index contributed by atoms with van der Waals surface area (Å²) in [7, 11) is 0. The van der Waals surface area contributed by atoms with E-state index in [1.807, 2.05) is 6.92 Å². The lowest BCUT2D eigenvalue weighted by Gasteiger charge is -2.12. The fraction of sp³-hybridized carbons (Fsp3) is 0.636. The van der Waals surface area contributed by atoms with Crippen LogP contribution in [0.15, 0.2) is 15.9 Å². The maximum atomic E-state index is 9.11. The van der Waals surface area contributed by atoms with Crippen molar-refractivity contribution in [2.45, 2.75) is 38.8 Å². The van der Waals surface area contributed by atoms with Gasteiger partial charge in [-0.3, -0.25) is 0 Å². The molecule has 0 aliphatic rings. The van der Waals surface area contributed by atoms with Gasteiger partial charge in [-0.15, -0.1) is 11.3 Å². The third-order valence-corrected chi connectivity index (χ3v) is 4.14. The van der Waals surface area contributed by atoms with Crippen LogP contribution in [0.2, 0.25) is 0 Å².